The lowest BCUT2D eigenvalue weighted by Crippen LogP contribution is -2.32. The van der Waals surface area contributed by atoms with E-state index in [1.807, 2.05) is 0 Å². The Kier molecular flexibility index (Phi) is 4.93. The van der Waals surface area contributed by atoms with Crippen molar-refractivity contribution in [3.63, 3.8) is 0 Å². The van der Waals surface area contributed by atoms with Gasteiger partial charge in [-0.15, -0.1) is 0 Å². The average molecular weight is 240 g/mol. The monoisotopic (exact) mass is 239 g/mol. The van der Waals surface area contributed by atoms with Crippen LogP contribution in [0.5, 0.6) is 0 Å². The number of carbonyl (C=O) groups excluding carboxylic acids is 1. The first-order chi connectivity index (χ1) is 6.59. The summed E-state index contributed by atoms with van der Waals surface area (Å²) in [6.07, 6.45) is 4.16. The van der Waals surface area contributed by atoms with Crippen molar-refractivity contribution in [3.8, 4) is 0 Å². The molecule has 0 aromatic heterocycles. The molecular weight excluding hydrogens is 225 g/mol. The lowest BCUT2D eigenvalue weighted by molar-refractivity contribution is -0.150. The Bertz CT molecular complexity index is 231. The van der Waals surface area contributed by atoms with E-state index < -0.39 is 13.3 Å². The second-order valence-corrected chi connectivity index (χ2v) is 5.35. The van der Waals surface area contributed by atoms with Crippen molar-refractivity contribution in [2.45, 2.75) is 44.8 Å². The molecule has 0 saturated heterocycles. The summed E-state index contributed by atoms with van der Waals surface area (Å²) in [5.41, 5.74) is 0. The van der Waals surface area contributed by atoms with Gasteiger partial charge in [-0.1, -0.05) is 0 Å². The third kappa shape index (κ3) is 3.99. The van der Waals surface area contributed by atoms with Crippen molar-refractivity contribution >= 4 is 24.5 Å². The zero-order valence-electron chi connectivity index (χ0n) is 8.09. The van der Waals surface area contributed by atoms with Crippen LogP contribution < -0.4 is 5.09 Å². The van der Waals surface area contributed by atoms with Crippen LogP contribution in [0.2, 0.25) is 0 Å². The van der Waals surface area contributed by atoms with Gasteiger partial charge in [-0.2, -0.15) is 0 Å². The fraction of sp³-hybridized carbons (Fsp3) is 0.875. The standard InChI is InChI=1S/C8H15ClNO3P/c1-6(10-14(9)12)8(11)13-7-4-2-3-5-7/h6-7,14H,2-5H2,1H3,(H,10,12)/t6-/m0/s1. The predicted octanol–water partition coefficient (Wildman–Crippen LogP) is 2.08. The van der Waals surface area contributed by atoms with Gasteiger partial charge in [0.05, 0.1) is 0 Å². The number of hydrogen-bond acceptors (Lipinski definition) is 3. The third-order valence-corrected chi connectivity index (χ3v) is 3.26. The zero-order valence-corrected chi connectivity index (χ0v) is 9.84. The van der Waals surface area contributed by atoms with Gasteiger partial charge in [0.15, 0.2) is 0 Å². The first kappa shape index (κ1) is 12.0. The van der Waals surface area contributed by atoms with E-state index >= 15 is 0 Å². The molecule has 1 rings (SSSR count). The maximum absolute atomic E-state index is 11.4. The molecule has 2 atom stereocenters. The summed E-state index contributed by atoms with van der Waals surface area (Å²) >= 11 is 5.26. The summed E-state index contributed by atoms with van der Waals surface area (Å²) in [7, 11) is -2.34. The van der Waals surface area contributed by atoms with Gasteiger partial charge in [-0.05, 0) is 43.8 Å². The molecule has 4 nitrogen and oxygen atoms in total. The molecule has 1 aliphatic rings. The number of carbonyl (C=O) groups is 1. The Labute approximate surface area is 89.0 Å². The topological polar surface area (TPSA) is 55.4 Å². The first-order valence-corrected chi connectivity index (χ1v) is 7.18. The van der Waals surface area contributed by atoms with Crippen LogP contribution in [0.3, 0.4) is 0 Å². The summed E-state index contributed by atoms with van der Waals surface area (Å²) in [5.74, 6) is -0.365. The molecule has 1 unspecified atom stereocenters. The van der Waals surface area contributed by atoms with Gasteiger partial charge in [0, 0.05) is 0 Å². The van der Waals surface area contributed by atoms with Gasteiger partial charge in [0.2, 0.25) is 7.30 Å². The largest absolute Gasteiger partial charge is 0.461 e. The van der Waals surface area contributed by atoms with Gasteiger partial charge in [0.1, 0.15) is 12.1 Å². The van der Waals surface area contributed by atoms with Gasteiger partial charge < -0.3 is 4.74 Å². The molecule has 0 bridgehead atoms. The predicted molar refractivity (Wildman–Crippen MR) is 55.8 cm³/mol. The van der Waals surface area contributed by atoms with Crippen LogP contribution in [-0.2, 0) is 14.1 Å². The molecule has 1 fully saturated rings. The highest BCUT2D eigenvalue weighted by atomic mass is 35.7. The molecule has 1 saturated carbocycles. The summed E-state index contributed by atoms with van der Waals surface area (Å²) < 4.78 is 15.8. The van der Waals surface area contributed by atoms with Crippen molar-refractivity contribution in [2.75, 3.05) is 0 Å². The third-order valence-electron chi connectivity index (χ3n) is 2.27. The summed E-state index contributed by atoms with van der Waals surface area (Å²) in [5, 5.41) is 2.45. The summed E-state index contributed by atoms with van der Waals surface area (Å²) in [6.45, 7) is 1.60. The van der Waals surface area contributed by atoms with E-state index in [1.54, 1.807) is 6.92 Å². The van der Waals surface area contributed by atoms with Crippen molar-refractivity contribution in [2.24, 2.45) is 0 Å². The second kappa shape index (κ2) is 5.74. The molecule has 0 spiro atoms. The number of ether oxygens (including phenoxy) is 1. The van der Waals surface area contributed by atoms with E-state index in [-0.39, 0.29) is 12.1 Å². The number of hydrogen-bond donors (Lipinski definition) is 1. The Hall–Kier alpha value is -0.0500. The van der Waals surface area contributed by atoms with Gasteiger partial charge >= 0.3 is 5.97 Å². The molecule has 82 valence electrons. The molecule has 1 aliphatic carbocycles. The van der Waals surface area contributed by atoms with Crippen LogP contribution in [0.1, 0.15) is 32.6 Å². The van der Waals surface area contributed by atoms with E-state index in [2.05, 4.69) is 5.09 Å². The van der Waals surface area contributed by atoms with E-state index in [4.69, 9.17) is 16.0 Å². The first-order valence-electron chi connectivity index (χ1n) is 4.76. The van der Waals surface area contributed by atoms with Crippen LogP contribution in [0.4, 0.5) is 0 Å². The smallest absolute Gasteiger partial charge is 0.323 e. The number of rotatable bonds is 4. The molecule has 0 heterocycles. The van der Waals surface area contributed by atoms with Crippen LogP contribution >= 0.6 is 18.5 Å². The van der Waals surface area contributed by atoms with E-state index in [1.165, 1.54) is 0 Å². The van der Waals surface area contributed by atoms with E-state index in [0.29, 0.717) is 0 Å². The van der Waals surface area contributed by atoms with E-state index in [0.717, 1.165) is 25.7 Å². The molecule has 0 aromatic carbocycles. The molecule has 14 heavy (non-hydrogen) atoms. The highest BCUT2D eigenvalue weighted by Gasteiger charge is 2.22. The minimum absolute atomic E-state index is 0.0457. The fourth-order valence-corrected chi connectivity index (χ4v) is 2.45. The molecule has 0 amide bonds. The fourth-order valence-electron chi connectivity index (χ4n) is 1.50. The second-order valence-electron chi connectivity index (χ2n) is 3.48. The quantitative estimate of drug-likeness (QED) is 0.603. The number of nitrogens with one attached hydrogen (secondary N) is 1. The highest BCUT2D eigenvalue weighted by molar-refractivity contribution is 7.72. The van der Waals surface area contributed by atoms with Crippen LogP contribution in [0.25, 0.3) is 0 Å². The molecule has 0 radical (unpaired) electrons. The highest BCUT2D eigenvalue weighted by Crippen LogP contribution is 2.23. The molecular formula is C8H15ClNO3P. The van der Waals surface area contributed by atoms with Crippen molar-refractivity contribution in [1.29, 1.82) is 0 Å². The summed E-state index contributed by atoms with van der Waals surface area (Å²) in [4.78, 5) is 11.4. The number of halogens is 1. The lowest BCUT2D eigenvalue weighted by atomic mass is 10.3. The van der Waals surface area contributed by atoms with Crippen LogP contribution in [-0.4, -0.2) is 18.1 Å². The van der Waals surface area contributed by atoms with Crippen molar-refractivity contribution in [3.05, 3.63) is 0 Å². The lowest BCUT2D eigenvalue weighted by Gasteiger charge is -2.15. The Morgan fingerprint density at radius 3 is 2.64 bits per heavy atom. The van der Waals surface area contributed by atoms with Gasteiger partial charge in [-0.3, -0.25) is 9.36 Å². The molecule has 1 N–H and O–H groups in total. The van der Waals surface area contributed by atoms with Crippen LogP contribution in [0, 0.1) is 0 Å². The maximum atomic E-state index is 11.4. The van der Waals surface area contributed by atoms with E-state index in [9.17, 15) is 9.36 Å². The molecule has 0 aromatic rings. The zero-order chi connectivity index (χ0) is 10.6. The minimum Gasteiger partial charge on any atom is -0.461 e. The summed E-state index contributed by atoms with van der Waals surface area (Å²) in [6, 6.07) is -0.584. The normalized spacial score (nSPS) is 21.9. The Balaban J connectivity index is 2.29. The van der Waals surface area contributed by atoms with Crippen molar-refractivity contribution < 1.29 is 14.1 Å². The van der Waals surface area contributed by atoms with Gasteiger partial charge in [-0.25, -0.2) is 5.09 Å². The molecule has 6 heteroatoms. The Morgan fingerprint density at radius 1 is 1.57 bits per heavy atom. The average Bonchev–Trinajstić information content (AvgIpc) is 2.55. The van der Waals surface area contributed by atoms with Crippen molar-refractivity contribution in [1.82, 2.24) is 5.09 Å². The SMILES string of the molecule is C[C@H](N[PH](=O)Cl)C(=O)OC1CCCC1. The minimum atomic E-state index is -2.34. The number of esters is 1. The van der Waals surface area contributed by atoms with Gasteiger partial charge in [0.25, 0.3) is 0 Å². The van der Waals surface area contributed by atoms with Crippen LogP contribution in [0.15, 0.2) is 0 Å². The maximum Gasteiger partial charge on any atom is 0.323 e. The molecule has 0 aliphatic heterocycles. The Morgan fingerprint density at radius 2 is 2.14 bits per heavy atom.